The lowest BCUT2D eigenvalue weighted by atomic mass is 9.57. The molecule has 3 aromatic heterocycles. The third kappa shape index (κ3) is 3.64. The molecule has 0 amide bonds. The monoisotopic (exact) mass is 525 g/mol. The van der Waals surface area contributed by atoms with E-state index in [1.165, 1.54) is 34.5 Å². The van der Waals surface area contributed by atoms with Crippen molar-refractivity contribution in [3.05, 3.63) is 76.4 Å². The fourth-order valence-corrected chi connectivity index (χ4v) is 8.38. The molecular weight excluding hydrogens is 501 g/mol. The molecule has 0 N–H and O–H groups in total. The number of Topliss-reactive ketones (excluding diaryl/α,β-unsaturated/α-hetero) is 1. The molecule has 6 rings (SSSR count). The summed E-state index contributed by atoms with van der Waals surface area (Å²) in [6.07, 6.45) is 7.16. The van der Waals surface area contributed by atoms with Crippen molar-refractivity contribution in [2.45, 2.75) is 42.4 Å². The molecule has 3 heterocycles. The fraction of sp³-hybridized carbons (Fsp3) is 0.360. The molecule has 2 aliphatic rings. The van der Waals surface area contributed by atoms with Crippen LogP contribution in [0.25, 0.3) is 5.69 Å². The number of sulfone groups is 1. The minimum Gasteiger partial charge on any atom is -0.321 e. The Morgan fingerprint density at radius 2 is 2.00 bits per heavy atom. The van der Waals surface area contributed by atoms with Crippen LogP contribution in [-0.2, 0) is 29.7 Å². The van der Waals surface area contributed by atoms with E-state index in [-0.39, 0.29) is 29.0 Å². The molecule has 0 aliphatic heterocycles. The summed E-state index contributed by atoms with van der Waals surface area (Å²) in [6.45, 7) is 0. The van der Waals surface area contributed by atoms with Gasteiger partial charge in [0.25, 0.3) is 0 Å². The van der Waals surface area contributed by atoms with Crippen molar-refractivity contribution in [2.75, 3.05) is 0 Å². The molecule has 1 unspecified atom stereocenters. The highest BCUT2D eigenvalue weighted by Gasteiger charge is 2.55. The number of hydrogen-bond acceptors (Lipinski definition) is 7. The van der Waals surface area contributed by atoms with E-state index in [2.05, 4.69) is 19.7 Å². The van der Waals surface area contributed by atoms with Crippen LogP contribution in [-0.4, -0.2) is 44.0 Å². The van der Waals surface area contributed by atoms with Crippen LogP contribution in [0.3, 0.4) is 0 Å². The third-order valence-electron chi connectivity index (χ3n) is 7.73. The molecule has 8 nitrogen and oxygen atoms in total. The molecule has 0 bridgehead atoms. The van der Waals surface area contributed by atoms with Gasteiger partial charge >= 0.3 is 0 Å². The normalized spacial score (nSPS) is 23.7. The Balaban J connectivity index is 1.42. The minimum atomic E-state index is -3.76. The van der Waals surface area contributed by atoms with Crippen molar-refractivity contribution in [1.82, 2.24) is 24.5 Å². The maximum atomic E-state index is 14.0. The number of carbonyl (C=O) groups excluding carboxylic acids is 1. The van der Waals surface area contributed by atoms with Crippen molar-refractivity contribution >= 4 is 27.0 Å². The highest BCUT2D eigenvalue weighted by Crippen LogP contribution is 2.53. The van der Waals surface area contributed by atoms with Crippen LogP contribution in [0.1, 0.15) is 40.3 Å². The van der Waals surface area contributed by atoms with Gasteiger partial charge in [0.15, 0.2) is 15.8 Å². The molecule has 4 aromatic rings. The molecular formula is C25H24FN5O3S2. The number of aromatic nitrogens is 5. The number of aryl methyl sites for hydroxylation is 1. The number of nitrogens with zero attached hydrogens (tertiary/aromatic N) is 5. The molecule has 36 heavy (non-hydrogen) atoms. The van der Waals surface area contributed by atoms with Crippen LogP contribution in [0.5, 0.6) is 0 Å². The number of thiazole rings is 1. The van der Waals surface area contributed by atoms with E-state index in [4.69, 9.17) is 0 Å². The van der Waals surface area contributed by atoms with Gasteiger partial charge in [-0.05, 0) is 73.9 Å². The van der Waals surface area contributed by atoms with Crippen LogP contribution < -0.4 is 0 Å². The van der Waals surface area contributed by atoms with Gasteiger partial charge in [0.2, 0.25) is 9.84 Å². The molecule has 11 heteroatoms. The summed E-state index contributed by atoms with van der Waals surface area (Å²) in [5.74, 6) is -0.416. The lowest BCUT2D eigenvalue weighted by Gasteiger charge is -2.48. The number of rotatable bonds is 5. The topological polar surface area (TPSA) is 99.7 Å². The molecule has 0 saturated heterocycles. The lowest BCUT2D eigenvalue weighted by molar-refractivity contribution is 0.0493. The van der Waals surface area contributed by atoms with Crippen molar-refractivity contribution in [3.8, 4) is 5.69 Å². The predicted molar refractivity (Wildman–Crippen MR) is 131 cm³/mol. The molecule has 1 saturated carbocycles. The van der Waals surface area contributed by atoms with Gasteiger partial charge in [0, 0.05) is 41.6 Å². The van der Waals surface area contributed by atoms with Gasteiger partial charge in [-0.3, -0.25) is 4.79 Å². The Hall–Kier alpha value is -3.18. The molecule has 1 fully saturated rings. The van der Waals surface area contributed by atoms with Crippen LogP contribution in [0.4, 0.5) is 4.39 Å². The Labute approximate surface area is 211 Å². The highest BCUT2D eigenvalue weighted by molar-refractivity contribution is 7.92. The number of halogens is 1. The van der Waals surface area contributed by atoms with E-state index in [1.807, 2.05) is 12.3 Å². The molecule has 0 spiro atoms. The van der Waals surface area contributed by atoms with Gasteiger partial charge in [-0.25, -0.2) is 17.8 Å². The van der Waals surface area contributed by atoms with Crippen molar-refractivity contribution in [1.29, 1.82) is 0 Å². The molecule has 3 atom stereocenters. The first kappa shape index (κ1) is 23.2. The lowest BCUT2D eigenvalue weighted by Crippen LogP contribution is -2.51. The molecule has 2 aliphatic carbocycles. The average Bonchev–Trinajstić information content (AvgIpc) is 3.63. The van der Waals surface area contributed by atoms with Crippen molar-refractivity contribution < 1.29 is 17.6 Å². The standard InChI is InChI=1S/C25H24FN5O3S2/c1-30-28-15-22(29-30)36(33,34)20-7-2-17-12-21-16(8-10-31(21)19-5-3-18(26)4-6-19)13-25(17,14-20)23(32)24-27-9-11-35-24/h3-6,8-11,15,17,20H,2,7,12-14H2,1H3/t17?,20-,25-/m0/s1. The largest absolute Gasteiger partial charge is 0.321 e. The Morgan fingerprint density at radius 1 is 1.19 bits per heavy atom. The molecule has 0 radical (unpaired) electrons. The highest BCUT2D eigenvalue weighted by atomic mass is 32.2. The maximum absolute atomic E-state index is 14.0. The summed E-state index contributed by atoms with van der Waals surface area (Å²) in [4.78, 5) is 19.6. The van der Waals surface area contributed by atoms with E-state index in [0.717, 1.165) is 16.9 Å². The maximum Gasteiger partial charge on any atom is 0.201 e. The van der Waals surface area contributed by atoms with Gasteiger partial charge < -0.3 is 4.57 Å². The summed E-state index contributed by atoms with van der Waals surface area (Å²) in [6, 6.07) is 8.34. The first-order valence-electron chi connectivity index (χ1n) is 11.8. The smallest absolute Gasteiger partial charge is 0.201 e. The number of carbonyl (C=O) groups is 1. The second-order valence-corrected chi connectivity index (χ2v) is 12.7. The number of fused-ring (bicyclic) bond motifs is 2. The average molecular weight is 526 g/mol. The number of benzene rings is 1. The number of ketones is 1. The van der Waals surface area contributed by atoms with E-state index in [1.54, 1.807) is 30.8 Å². The third-order valence-corrected chi connectivity index (χ3v) is 10.6. The van der Waals surface area contributed by atoms with Gasteiger partial charge in [-0.1, -0.05) is 0 Å². The van der Waals surface area contributed by atoms with E-state index in [0.29, 0.717) is 30.7 Å². The Kier molecular flexibility index (Phi) is 5.45. The van der Waals surface area contributed by atoms with Gasteiger partial charge in [-0.2, -0.15) is 9.90 Å². The Morgan fingerprint density at radius 3 is 2.69 bits per heavy atom. The summed E-state index contributed by atoms with van der Waals surface area (Å²) >= 11 is 1.29. The summed E-state index contributed by atoms with van der Waals surface area (Å²) < 4.78 is 42.6. The minimum absolute atomic E-state index is 0.0381. The SMILES string of the molecule is Cn1ncc(S(=O)(=O)[C@H]2CCC3Cc4c(ccn4-c4ccc(F)cc4)C[C@]3(C(=O)c3nccs3)C2)n1. The van der Waals surface area contributed by atoms with Crippen molar-refractivity contribution in [3.63, 3.8) is 0 Å². The first-order chi connectivity index (χ1) is 17.3. The van der Waals surface area contributed by atoms with Gasteiger partial charge in [-0.15, -0.1) is 16.4 Å². The zero-order chi connectivity index (χ0) is 25.1. The Bertz CT molecular complexity index is 1540. The van der Waals surface area contributed by atoms with E-state index < -0.39 is 20.5 Å². The van der Waals surface area contributed by atoms with Gasteiger partial charge in [0.05, 0.1) is 11.4 Å². The van der Waals surface area contributed by atoms with E-state index in [9.17, 15) is 17.6 Å². The summed E-state index contributed by atoms with van der Waals surface area (Å²) in [5, 5.41) is 9.40. The second kappa shape index (κ2) is 8.45. The van der Waals surface area contributed by atoms with Crippen LogP contribution in [0.2, 0.25) is 0 Å². The second-order valence-electron chi connectivity index (χ2n) is 9.66. The van der Waals surface area contributed by atoms with Crippen molar-refractivity contribution in [2.24, 2.45) is 18.4 Å². The zero-order valence-corrected chi connectivity index (χ0v) is 21.2. The van der Waals surface area contributed by atoms with Crippen LogP contribution in [0, 0.1) is 17.2 Å². The number of hydrogen-bond donors (Lipinski definition) is 0. The first-order valence-corrected chi connectivity index (χ1v) is 14.2. The summed E-state index contributed by atoms with van der Waals surface area (Å²) in [5.41, 5.74) is 2.08. The van der Waals surface area contributed by atoms with Crippen LogP contribution in [0.15, 0.2) is 59.3 Å². The predicted octanol–water partition coefficient (Wildman–Crippen LogP) is 3.81. The fourth-order valence-electron chi connectivity index (χ4n) is 5.97. The molecule has 1 aromatic carbocycles. The van der Waals surface area contributed by atoms with E-state index >= 15 is 0 Å². The molecule has 186 valence electrons. The quantitative estimate of drug-likeness (QED) is 0.368. The van der Waals surface area contributed by atoms with Gasteiger partial charge in [0.1, 0.15) is 5.82 Å². The summed E-state index contributed by atoms with van der Waals surface area (Å²) in [7, 11) is -2.17. The zero-order valence-electron chi connectivity index (χ0n) is 19.5. The van der Waals surface area contributed by atoms with Crippen LogP contribution >= 0.6 is 11.3 Å².